The summed E-state index contributed by atoms with van der Waals surface area (Å²) in [5, 5.41) is 5.82. The Balaban J connectivity index is 1.30. The molecule has 1 fully saturated rings. The molecule has 0 aliphatic carbocycles. The van der Waals surface area contributed by atoms with E-state index in [9.17, 15) is 9.59 Å². The van der Waals surface area contributed by atoms with Crippen LogP contribution in [0.15, 0.2) is 18.2 Å². The van der Waals surface area contributed by atoms with Crippen molar-refractivity contribution in [3.63, 3.8) is 0 Å². The van der Waals surface area contributed by atoms with Gasteiger partial charge >= 0.3 is 6.03 Å². The number of carbonyl (C=O) groups excluding carboxylic acids is 2. The minimum Gasteiger partial charge on any atom is -0.493 e. The van der Waals surface area contributed by atoms with Crippen molar-refractivity contribution in [1.82, 2.24) is 14.6 Å². The highest BCUT2D eigenvalue weighted by Crippen LogP contribution is 2.32. The normalized spacial score (nSPS) is 16.3. The zero-order valence-electron chi connectivity index (χ0n) is 18.2. The number of nitrogens with zero attached hydrogens (tertiary/aromatic N) is 2. The molecule has 0 radical (unpaired) electrons. The van der Waals surface area contributed by atoms with Gasteiger partial charge in [-0.05, 0) is 74.0 Å². The Morgan fingerprint density at radius 1 is 1.34 bits per heavy atom. The highest BCUT2D eigenvalue weighted by Gasteiger charge is 2.23. The van der Waals surface area contributed by atoms with Crippen molar-refractivity contribution >= 4 is 28.5 Å². The van der Waals surface area contributed by atoms with Crippen molar-refractivity contribution in [2.45, 2.75) is 32.3 Å². The van der Waals surface area contributed by atoms with Crippen LogP contribution in [0.3, 0.4) is 0 Å². The van der Waals surface area contributed by atoms with Crippen LogP contribution in [0.1, 0.15) is 40.7 Å². The van der Waals surface area contributed by atoms with Crippen LogP contribution in [0.25, 0.3) is 0 Å². The number of hydrogen-bond donors (Lipinski definition) is 3. The Morgan fingerprint density at radius 2 is 2.16 bits per heavy atom. The Hall–Kier alpha value is -2.85. The molecule has 172 valence electrons. The highest BCUT2D eigenvalue weighted by atomic mass is 32.1. The van der Waals surface area contributed by atoms with Gasteiger partial charge in [-0.3, -0.25) is 10.1 Å². The summed E-state index contributed by atoms with van der Waals surface area (Å²) in [6.07, 6.45) is 4.14. The molecule has 0 saturated carbocycles. The average molecular weight is 460 g/mol. The number of aromatic nitrogens is 1. The molecule has 2 aromatic rings. The van der Waals surface area contributed by atoms with Gasteiger partial charge in [0, 0.05) is 13.0 Å². The van der Waals surface area contributed by atoms with E-state index >= 15 is 0 Å². The number of ether oxygens (including phenoxy) is 2. The summed E-state index contributed by atoms with van der Waals surface area (Å²) in [7, 11) is 2.13. The first-order chi connectivity index (χ1) is 15.5. The van der Waals surface area contributed by atoms with Crippen molar-refractivity contribution < 1.29 is 19.1 Å². The Labute approximate surface area is 191 Å². The molecular formula is C22H29N5O4S. The van der Waals surface area contributed by atoms with Crippen LogP contribution in [-0.2, 0) is 13.0 Å². The summed E-state index contributed by atoms with van der Waals surface area (Å²) in [5.74, 6) is 0.901. The lowest BCUT2D eigenvalue weighted by Gasteiger charge is -2.28. The lowest BCUT2D eigenvalue weighted by Crippen LogP contribution is -2.34. The van der Waals surface area contributed by atoms with Gasteiger partial charge in [0.25, 0.3) is 5.91 Å². The maximum absolute atomic E-state index is 12.3. The molecule has 1 aromatic heterocycles. The van der Waals surface area contributed by atoms with Crippen molar-refractivity contribution in [3.8, 4) is 11.6 Å². The number of piperidine rings is 1. The zero-order valence-corrected chi connectivity index (χ0v) is 19.0. The van der Waals surface area contributed by atoms with Crippen molar-refractivity contribution in [2.24, 2.45) is 11.7 Å². The quantitative estimate of drug-likeness (QED) is 0.558. The number of likely N-dealkylation sites (tertiary alicyclic amines) is 1. The van der Waals surface area contributed by atoms with Gasteiger partial charge in [-0.1, -0.05) is 12.1 Å². The van der Waals surface area contributed by atoms with E-state index in [2.05, 4.69) is 27.0 Å². The predicted octanol–water partition coefficient (Wildman–Crippen LogP) is 2.61. The summed E-state index contributed by atoms with van der Waals surface area (Å²) in [6, 6.07) is 5.52. The van der Waals surface area contributed by atoms with Crippen LogP contribution in [0.2, 0.25) is 0 Å². The standard InChI is InChI=1S/C22H29N5O4S/c1-27-9-5-14(6-10-27)4-8-24-22(29)25-21-18(19(23)28)20(26-32-21)31-13-15-2-3-16-7-11-30-17(16)12-15/h2-3,12,14H,4-11,13H2,1H3,(H2,23,28)(H2,24,25,29). The number of anilines is 1. The molecule has 1 aromatic carbocycles. The number of amides is 3. The van der Waals surface area contributed by atoms with E-state index in [1.165, 1.54) is 5.56 Å². The second kappa shape index (κ2) is 10.2. The fourth-order valence-corrected chi connectivity index (χ4v) is 4.75. The second-order valence-corrected chi connectivity index (χ2v) is 9.07. The predicted molar refractivity (Wildman–Crippen MR) is 122 cm³/mol. The van der Waals surface area contributed by atoms with Gasteiger partial charge in [-0.15, -0.1) is 0 Å². The fraction of sp³-hybridized carbons (Fsp3) is 0.500. The van der Waals surface area contributed by atoms with Crippen molar-refractivity contribution in [1.29, 1.82) is 0 Å². The first kappa shape index (κ1) is 22.3. The Morgan fingerprint density at radius 3 is 2.94 bits per heavy atom. The third kappa shape index (κ3) is 5.49. The van der Waals surface area contributed by atoms with E-state index in [4.69, 9.17) is 15.2 Å². The molecule has 9 nitrogen and oxygen atoms in total. The third-order valence-electron chi connectivity index (χ3n) is 5.95. The molecule has 4 rings (SSSR count). The minimum absolute atomic E-state index is 0.0814. The maximum Gasteiger partial charge on any atom is 0.319 e. The van der Waals surface area contributed by atoms with Gasteiger partial charge in [0.1, 0.15) is 22.9 Å². The summed E-state index contributed by atoms with van der Waals surface area (Å²) in [4.78, 5) is 26.7. The molecular weight excluding hydrogens is 430 g/mol. The van der Waals surface area contributed by atoms with Gasteiger partial charge in [-0.2, -0.15) is 4.37 Å². The molecule has 32 heavy (non-hydrogen) atoms. The van der Waals surface area contributed by atoms with Crippen LogP contribution in [-0.4, -0.2) is 54.5 Å². The van der Waals surface area contributed by atoms with E-state index in [-0.39, 0.29) is 29.1 Å². The summed E-state index contributed by atoms with van der Waals surface area (Å²) >= 11 is 0.972. The van der Waals surface area contributed by atoms with E-state index in [1.807, 2.05) is 18.2 Å². The Bertz CT molecular complexity index is 971. The van der Waals surface area contributed by atoms with E-state index < -0.39 is 5.91 Å². The van der Waals surface area contributed by atoms with Gasteiger partial charge < -0.3 is 25.4 Å². The third-order valence-corrected chi connectivity index (χ3v) is 6.69. The Kier molecular flexibility index (Phi) is 7.11. The number of nitrogens with two attached hydrogens (primary N) is 1. The number of nitrogens with one attached hydrogen (secondary N) is 2. The molecule has 3 amide bonds. The van der Waals surface area contributed by atoms with Crippen LogP contribution in [0, 0.1) is 5.92 Å². The molecule has 1 saturated heterocycles. The largest absolute Gasteiger partial charge is 0.493 e. The number of benzene rings is 1. The molecule has 0 atom stereocenters. The molecule has 3 heterocycles. The van der Waals surface area contributed by atoms with Gasteiger partial charge in [0.2, 0.25) is 5.88 Å². The first-order valence-corrected chi connectivity index (χ1v) is 11.7. The number of urea groups is 1. The fourth-order valence-electron chi connectivity index (χ4n) is 4.02. The van der Waals surface area contributed by atoms with Gasteiger partial charge in [0.05, 0.1) is 6.61 Å². The van der Waals surface area contributed by atoms with Crippen LogP contribution < -0.4 is 25.8 Å². The van der Waals surface area contributed by atoms with Crippen molar-refractivity contribution in [2.75, 3.05) is 38.6 Å². The SMILES string of the molecule is CN1CCC(CCNC(=O)Nc2snc(OCc3ccc4c(c3)OCC4)c2C(N)=O)CC1. The topological polar surface area (TPSA) is 119 Å². The molecule has 0 spiro atoms. The molecule has 4 N–H and O–H groups in total. The van der Waals surface area contributed by atoms with E-state index in [0.717, 1.165) is 61.6 Å². The molecule has 10 heteroatoms. The lowest BCUT2D eigenvalue weighted by atomic mass is 9.94. The second-order valence-electron chi connectivity index (χ2n) is 8.30. The maximum atomic E-state index is 12.3. The highest BCUT2D eigenvalue weighted by molar-refractivity contribution is 7.11. The number of fused-ring (bicyclic) bond motifs is 1. The smallest absolute Gasteiger partial charge is 0.319 e. The van der Waals surface area contributed by atoms with Crippen molar-refractivity contribution in [3.05, 3.63) is 34.9 Å². The van der Waals surface area contributed by atoms with Gasteiger partial charge in [-0.25, -0.2) is 4.79 Å². The number of carbonyl (C=O) groups is 2. The van der Waals surface area contributed by atoms with Crippen LogP contribution in [0.4, 0.5) is 9.80 Å². The zero-order chi connectivity index (χ0) is 22.5. The lowest BCUT2D eigenvalue weighted by molar-refractivity contribution is 0.0996. The van der Waals surface area contributed by atoms with Crippen LogP contribution >= 0.6 is 11.5 Å². The molecule has 2 aliphatic rings. The number of primary amides is 1. The summed E-state index contributed by atoms with van der Waals surface area (Å²) in [6.45, 7) is 3.67. The summed E-state index contributed by atoms with van der Waals surface area (Å²) in [5.41, 5.74) is 7.69. The molecule has 0 unspecified atom stereocenters. The van der Waals surface area contributed by atoms with Crippen LogP contribution in [0.5, 0.6) is 11.6 Å². The first-order valence-electron chi connectivity index (χ1n) is 10.9. The number of rotatable bonds is 8. The minimum atomic E-state index is -0.701. The number of hydrogen-bond acceptors (Lipinski definition) is 7. The summed E-state index contributed by atoms with van der Waals surface area (Å²) < 4.78 is 15.5. The van der Waals surface area contributed by atoms with E-state index in [0.29, 0.717) is 19.1 Å². The van der Waals surface area contributed by atoms with E-state index in [1.54, 1.807) is 0 Å². The molecule has 0 bridgehead atoms. The monoisotopic (exact) mass is 459 g/mol. The molecule has 2 aliphatic heterocycles. The average Bonchev–Trinajstić information content (AvgIpc) is 3.40. The van der Waals surface area contributed by atoms with Gasteiger partial charge in [0.15, 0.2) is 0 Å².